The molecule has 4 aromatic heterocycles. The zero-order chi connectivity index (χ0) is 22.4. The van der Waals surface area contributed by atoms with Crippen LogP contribution in [0, 0.1) is 5.82 Å². The molecule has 1 aliphatic heterocycles. The molecule has 0 radical (unpaired) electrons. The first-order valence-corrected chi connectivity index (χ1v) is 10.5. The highest BCUT2D eigenvalue weighted by Gasteiger charge is 2.28. The van der Waals surface area contributed by atoms with E-state index in [0.29, 0.717) is 25.1 Å². The minimum Gasteiger partial charge on any atom is -0.305 e. The molecule has 5 heterocycles. The lowest BCUT2D eigenvalue weighted by Gasteiger charge is -2.27. The SMILES string of the molecule is O=C1c2ccc(-c3cccc4cnnn34)nc2CCN1c1cnn(Cc2ccc(F)cc2)c1. The second-order valence-corrected chi connectivity index (χ2v) is 7.90. The fraction of sp³-hybridized carbons (Fsp3) is 0.125. The van der Waals surface area contributed by atoms with Gasteiger partial charge in [0.2, 0.25) is 0 Å². The smallest absolute Gasteiger partial charge is 0.260 e. The molecule has 6 rings (SSSR count). The van der Waals surface area contributed by atoms with Crippen LogP contribution in [0.15, 0.2) is 73.2 Å². The fourth-order valence-corrected chi connectivity index (χ4v) is 4.14. The lowest BCUT2D eigenvalue weighted by atomic mass is 10.0. The Morgan fingerprint density at radius 1 is 1.00 bits per heavy atom. The quantitative estimate of drug-likeness (QED) is 0.429. The molecule has 0 spiro atoms. The van der Waals surface area contributed by atoms with Crippen LogP contribution in [0.25, 0.3) is 16.9 Å². The highest BCUT2D eigenvalue weighted by atomic mass is 19.1. The highest BCUT2D eigenvalue weighted by molar-refractivity contribution is 6.07. The molecule has 0 saturated heterocycles. The second kappa shape index (κ2) is 7.63. The summed E-state index contributed by atoms with van der Waals surface area (Å²) in [5.74, 6) is -0.372. The van der Waals surface area contributed by atoms with E-state index < -0.39 is 0 Å². The van der Waals surface area contributed by atoms with Crippen LogP contribution >= 0.6 is 0 Å². The molecular formula is C24H18FN7O. The number of pyridine rings is 2. The van der Waals surface area contributed by atoms with Crippen molar-refractivity contribution in [1.29, 1.82) is 0 Å². The van der Waals surface area contributed by atoms with Crippen LogP contribution in [0.3, 0.4) is 0 Å². The predicted molar refractivity (Wildman–Crippen MR) is 119 cm³/mol. The molecule has 0 atom stereocenters. The number of fused-ring (bicyclic) bond motifs is 2. The van der Waals surface area contributed by atoms with E-state index in [0.717, 1.165) is 33.8 Å². The summed E-state index contributed by atoms with van der Waals surface area (Å²) in [5, 5.41) is 12.5. The summed E-state index contributed by atoms with van der Waals surface area (Å²) >= 11 is 0. The summed E-state index contributed by atoms with van der Waals surface area (Å²) in [4.78, 5) is 19.7. The third kappa shape index (κ3) is 3.43. The molecular weight excluding hydrogens is 421 g/mol. The average Bonchev–Trinajstić information content (AvgIpc) is 3.50. The van der Waals surface area contributed by atoms with Gasteiger partial charge in [-0.3, -0.25) is 14.5 Å². The number of carbonyl (C=O) groups is 1. The fourth-order valence-electron chi connectivity index (χ4n) is 4.14. The van der Waals surface area contributed by atoms with Crippen LogP contribution < -0.4 is 4.90 Å². The van der Waals surface area contributed by atoms with Crippen molar-refractivity contribution >= 4 is 17.1 Å². The maximum absolute atomic E-state index is 13.2. The van der Waals surface area contributed by atoms with Crippen molar-refractivity contribution in [3.63, 3.8) is 0 Å². The molecule has 0 aliphatic carbocycles. The summed E-state index contributed by atoms with van der Waals surface area (Å²) < 4.78 is 16.6. The first kappa shape index (κ1) is 19.3. The predicted octanol–water partition coefficient (Wildman–Crippen LogP) is 3.38. The first-order chi connectivity index (χ1) is 16.2. The molecule has 33 heavy (non-hydrogen) atoms. The van der Waals surface area contributed by atoms with Crippen molar-refractivity contribution in [2.45, 2.75) is 13.0 Å². The summed E-state index contributed by atoms with van der Waals surface area (Å²) in [5.41, 5.74) is 5.46. The molecule has 1 amide bonds. The molecule has 9 heteroatoms. The Morgan fingerprint density at radius 2 is 1.88 bits per heavy atom. The number of benzene rings is 1. The topological polar surface area (TPSA) is 81.2 Å². The number of nitrogens with zero attached hydrogens (tertiary/aromatic N) is 7. The van der Waals surface area contributed by atoms with Crippen molar-refractivity contribution in [2.24, 2.45) is 0 Å². The number of amides is 1. The van der Waals surface area contributed by atoms with Gasteiger partial charge in [0, 0.05) is 19.2 Å². The Hall–Kier alpha value is -4.40. The van der Waals surface area contributed by atoms with Crippen molar-refractivity contribution in [2.75, 3.05) is 11.4 Å². The van der Waals surface area contributed by atoms with Crippen LogP contribution in [0.4, 0.5) is 10.1 Å². The van der Waals surface area contributed by atoms with Gasteiger partial charge in [0.05, 0.1) is 52.8 Å². The summed E-state index contributed by atoms with van der Waals surface area (Å²) in [6, 6.07) is 15.8. The Bertz CT molecular complexity index is 1490. The van der Waals surface area contributed by atoms with Crippen LogP contribution in [0.2, 0.25) is 0 Å². The van der Waals surface area contributed by atoms with Gasteiger partial charge in [-0.1, -0.05) is 23.4 Å². The van der Waals surface area contributed by atoms with E-state index in [1.807, 2.05) is 36.5 Å². The lowest BCUT2D eigenvalue weighted by Crippen LogP contribution is -2.38. The van der Waals surface area contributed by atoms with Gasteiger partial charge in [0.1, 0.15) is 5.82 Å². The van der Waals surface area contributed by atoms with E-state index in [2.05, 4.69) is 15.4 Å². The molecule has 162 valence electrons. The maximum atomic E-state index is 13.2. The molecule has 0 saturated carbocycles. The Balaban J connectivity index is 1.26. The summed E-state index contributed by atoms with van der Waals surface area (Å²) in [7, 11) is 0. The van der Waals surface area contributed by atoms with Crippen LogP contribution in [0.5, 0.6) is 0 Å². The van der Waals surface area contributed by atoms with Crippen molar-refractivity contribution in [1.82, 2.24) is 29.6 Å². The maximum Gasteiger partial charge on any atom is 0.260 e. The highest BCUT2D eigenvalue weighted by Crippen LogP contribution is 2.26. The number of rotatable bonds is 4. The van der Waals surface area contributed by atoms with Crippen LogP contribution in [-0.4, -0.2) is 42.0 Å². The standard InChI is InChI=1S/C24H18FN7O/c25-17-6-4-16(5-7-17)14-30-15-19(13-27-30)31-11-10-21-20(24(31)33)8-9-22(28-21)23-3-1-2-18-12-26-29-32(18)23/h1-9,12-13,15H,10-11,14H2. The van der Waals surface area contributed by atoms with Crippen molar-refractivity contribution in [3.8, 4) is 11.4 Å². The van der Waals surface area contributed by atoms with Crippen molar-refractivity contribution in [3.05, 3.63) is 95.8 Å². The molecule has 1 aromatic carbocycles. The molecule has 0 bridgehead atoms. The van der Waals surface area contributed by atoms with Crippen molar-refractivity contribution < 1.29 is 9.18 Å². The molecule has 0 N–H and O–H groups in total. The lowest BCUT2D eigenvalue weighted by molar-refractivity contribution is 0.0980. The van der Waals surface area contributed by atoms with E-state index >= 15 is 0 Å². The third-order valence-corrected chi connectivity index (χ3v) is 5.80. The Morgan fingerprint density at radius 3 is 2.76 bits per heavy atom. The van der Waals surface area contributed by atoms with Gasteiger partial charge < -0.3 is 4.90 Å². The molecule has 5 aromatic rings. The van der Waals surface area contributed by atoms with E-state index in [9.17, 15) is 9.18 Å². The van der Waals surface area contributed by atoms with Gasteiger partial charge in [-0.05, 0) is 42.0 Å². The largest absolute Gasteiger partial charge is 0.305 e. The van der Waals surface area contributed by atoms with Gasteiger partial charge in [0.15, 0.2) is 0 Å². The number of hydrogen-bond donors (Lipinski definition) is 0. The number of carbonyl (C=O) groups excluding carboxylic acids is 1. The van der Waals surface area contributed by atoms with Gasteiger partial charge in [-0.2, -0.15) is 5.10 Å². The molecule has 0 unspecified atom stereocenters. The average molecular weight is 439 g/mol. The van der Waals surface area contributed by atoms with Gasteiger partial charge in [-0.15, -0.1) is 5.10 Å². The zero-order valence-electron chi connectivity index (χ0n) is 17.5. The van der Waals surface area contributed by atoms with E-state index in [1.165, 1.54) is 12.1 Å². The molecule has 1 aliphatic rings. The van der Waals surface area contributed by atoms with E-state index in [-0.39, 0.29) is 11.7 Å². The van der Waals surface area contributed by atoms with E-state index in [1.54, 1.807) is 38.6 Å². The number of aromatic nitrogens is 6. The Labute approximate surface area is 187 Å². The third-order valence-electron chi connectivity index (χ3n) is 5.80. The normalized spacial score (nSPS) is 13.5. The second-order valence-electron chi connectivity index (χ2n) is 7.90. The monoisotopic (exact) mass is 439 g/mol. The Kier molecular flexibility index (Phi) is 4.46. The van der Waals surface area contributed by atoms with Crippen LogP contribution in [0.1, 0.15) is 21.6 Å². The minimum absolute atomic E-state index is 0.101. The van der Waals surface area contributed by atoms with Gasteiger partial charge in [-0.25, -0.2) is 8.91 Å². The first-order valence-electron chi connectivity index (χ1n) is 10.5. The summed E-state index contributed by atoms with van der Waals surface area (Å²) in [6.07, 6.45) is 5.84. The minimum atomic E-state index is -0.271. The van der Waals surface area contributed by atoms with Crippen LogP contribution in [-0.2, 0) is 13.0 Å². The molecule has 8 nitrogen and oxygen atoms in total. The number of anilines is 1. The van der Waals surface area contributed by atoms with Gasteiger partial charge in [0.25, 0.3) is 5.91 Å². The number of halogens is 1. The van der Waals surface area contributed by atoms with Gasteiger partial charge >= 0.3 is 0 Å². The zero-order valence-corrected chi connectivity index (χ0v) is 17.5. The molecule has 0 fully saturated rings. The van der Waals surface area contributed by atoms with E-state index in [4.69, 9.17) is 4.98 Å². The number of hydrogen-bond acceptors (Lipinski definition) is 5. The summed E-state index contributed by atoms with van der Waals surface area (Å²) in [6.45, 7) is 1.01.